The van der Waals surface area contributed by atoms with Crippen molar-refractivity contribution in [1.82, 2.24) is 5.32 Å². The third-order valence-electron chi connectivity index (χ3n) is 4.36. The third kappa shape index (κ3) is 3.81. The zero-order valence-electron chi connectivity index (χ0n) is 15.7. The fourth-order valence-electron chi connectivity index (χ4n) is 3.21. The van der Waals surface area contributed by atoms with Crippen LogP contribution in [-0.2, 0) is 39.8 Å². The Bertz CT molecular complexity index is 770. The minimum atomic E-state index is -3.73. The lowest BCUT2D eigenvalue weighted by atomic mass is 9.91. The van der Waals surface area contributed by atoms with Gasteiger partial charge >= 0.3 is 19.7 Å². The Labute approximate surface area is 157 Å². The molecule has 1 atom stereocenters. The van der Waals surface area contributed by atoms with Crippen LogP contribution in [0.2, 0.25) is 0 Å². The number of methoxy groups -OCH3 is 2. The molecule has 0 unspecified atom stereocenters. The molecule has 1 aromatic carbocycles. The van der Waals surface area contributed by atoms with E-state index in [0.29, 0.717) is 17.5 Å². The molecule has 0 spiro atoms. The highest BCUT2D eigenvalue weighted by molar-refractivity contribution is 7.62. The Balaban J connectivity index is 2.59. The normalized spacial score (nSPS) is 18.7. The maximum atomic E-state index is 13.0. The topological polar surface area (TPSA) is 120 Å². The number of aromatic hydroxyl groups is 1. The zero-order chi connectivity index (χ0) is 20.2. The van der Waals surface area contributed by atoms with Crippen LogP contribution < -0.4 is 10.6 Å². The van der Waals surface area contributed by atoms with Gasteiger partial charge in [-0.05, 0) is 49.9 Å². The smallest absolute Gasteiger partial charge is 0.408 e. The molecule has 1 amide bonds. The molecule has 0 fully saturated rings. The van der Waals surface area contributed by atoms with E-state index in [1.165, 1.54) is 26.4 Å². The molecular formula is C17H24NO8P. The summed E-state index contributed by atoms with van der Waals surface area (Å²) in [6, 6.07) is 2.77. The molecule has 0 aliphatic heterocycles. The van der Waals surface area contributed by atoms with E-state index in [4.69, 9.17) is 13.8 Å². The summed E-state index contributed by atoms with van der Waals surface area (Å²) in [6.07, 6.45) is -0.244. The highest BCUT2D eigenvalue weighted by Crippen LogP contribution is 2.51. The van der Waals surface area contributed by atoms with E-state index in [2.05, 4.69) is 10.1 Å². The van der Waals surface area contributed by atoms with Gasteiger partial charge in [0.2, 0.25) is 0 Å². The van der Waals surface area contributed by atoms with Crippen LogP contribution in [0.5, 0.6) is 5.75 Å². The summed E-state index contributed by atoms with van der Waals surface area (Å²) < 4.78 is 33.1. The largest absolute Gasteiger partial charge is 0.507 e. The van der Waals surface area contributed by atoms with Gasteiger partial charge < -0.3 is 28.9 Å². The molecule has 9 nitrogen and oxygen atoms in total. The molecule has 2 rings (SSSR count). The molecule has 150 valence electrons. The summed E-state index contributed by atoms with van der Waals surface area (Å²) in [4.78, 5) is 24.3. The number of esters is 1. The number of carbonyl (C=O) groups is 2. The van der Waals surface area contributed by atoms with Crippen molar-refractivity contribution in [3.8, 4) is 5.75 Å². The first-order valence-electron chi connectivity index (χ1n) is 8.48. The van der Waals surface area contributed by atoms with Gasteiger partial charge in [0.05, 0.1) is 27.4 Å². The lowest BCUT2D eigenvalue weighted by molar-refractivity contribution is -0.148. The highest BCUT2D eigenvalue weighted by atomic mass is 31.2. The molecule has 0 radical (unpaired) electrons. The third-order valence-corrected chi connectivity index (χ3v) is 6.50. The van der Waals surface area contributed by atoms with E-state index in [1.54, 1.807) is 13.8 Å². The second-order valence-electron chi connectivity index (χ2n) is 5.84. The number of rotatable bonds is 7. The summed E-state index contributed by atoms with van der Waals surface area (Å²) in [5.41, 5.74) is -0.543. The van der Waals surface area contributed by atoms with Gasteiger partial charge in [-0.15, -0.1) is 0 Å². The SMILES string of the molecule is CCOP(=O)(OCC)c1cc2c(cc1O)[C@](NC(=O)OC)(C(=O)OC)CC2. The van der Waals surface area contributed by atoms with E-state index in [1.807, 2.05) is 0 Å². The number of ether oxygens (including phenoxy) is 2. The number of hydrogen-bond donors (Lipinski definition) is 2. The van der Waals surface area contributed by atoms with Crippen LogP contribution >= 0.6 is 7.60 Å². The molecular weight excluding hydrogens is 377 g/mol. The number of nitrogens with one attached hydrogen (secondary N) is 1. The maximum absolute atomic E-state index is 13.0. The Morgan fingerprint density at radius 1 is 1.19 bits per heavy atom. The Morgan fingerprint density at radius 2 is 1.81 bits per heavy atom. The minimum Gasteiger partial charge on any atom is -0.507 e. The summed E-state index contributed by atoms with van der Waals surface area (Å²) in [5, 5.41) is 13.0. The first-order chi connectivity index (χ1) is 12.8. The molecule has 27 heavy (non-hydrogen) atoms. The van der Waals surface area contributed by atoms with Crippen LogP contribution in [-0.4, -0.2) is 44.6 Å². The van der Waals surface area contributed by atoms with Crippen LogP contribution in [0.15, 0.2) is 12.1 Å². The number of carbonyl (C=O) groups excluding carboxylic acids is 2. The molecule has 0 heterocycles. The number of fused-ring (bicyclic) bond motifs is 1. The van der Waals surface area contributed by atoms with Gasteiger partial charge in [0.1, 0.15) is 11.1 Å². The van der Waals surface area contributed by atoms with E-state index in [9.17, 15) is 19.3 Å². The van der Waals surface area contributed by atoms with E-state index in [-0.39, 0.29) is 30.7 Å². The van der Waals surface area contributed by atoms with Crippen LogP contribution in [0.4, 0.5) is 4.79 Å². The molecule has 0 bridgehead atoms. The molecule has 2 N–H and O–H groups in total. The molecule has 0 saturated carbocycles. The van der Waals surface area contributed by atoms with Gasteiger partial charge in [-0.1, -0.05) is 0 Å². The summed E-state index contributed by atoms with van der Waals surface area (Å²) in [5.74, 6) is -1.06. The standard InChI is InChI=1S/C17H24NO8P/c1-5-25-27(22,26-6-2)14-9-11-7-8-17(15(20)23-3,18-16(21)24-4)12(11)10-13(14)19/h9-10,19H,5-8H2,1-4H3,(H,18,21)/t17-/m0/s1. The fraction of sp³-hybridized carbons (Fsp3) is 0.529. The lowest BCUT2D eigenvalue weighted by Gasteiger charge is -2.28. The molecule has 0 saturated heterocycles. The van der Waals surface area contributed by atoms with Crippen LogP contribution in [0.3, 0.4) is 0 Å². The van der Waals surface area contributed by atoms with Gasteiger partial charge in [-0.2, -0.15) is 0 Å². The predicted molar refractivity (Wildman–Crippen MR) is 96.2 cm³/mol. The number of phenolic OH excluding ortho intramolecular Hbond substituents is 1. The predicted octanol–water partition coefficient (Wildman–Crippen LogP) is 1.95. The number of hydrogen-bond acceptors (Lipinski definition) is 8. The van der Waals surface area contributed by atoms with Gasteiger partial charge in [-0.25, -0.2) is 9.59 Å². The van der Waals surface area contributed by atoms with Crippen LogP contribution in [0, 0.1) is 0 Å². The van der Waals surface area contributed by atoms with Crippen molar-refractivity contribution in [2.24, 2.45) is 0 Å². The van der Waals surface area contributed by atoms with Crippen molar-refractivity contribution in [3.05, 3.63) is 23.3 Å². The first kappa shape index (κ1) is 21.2. The van der Waals surface area contributed by atoms with Crippen molar-refractivity contribution in [1.29, 1.82) is 0 Å². The van der Waals surface area contributed by atoms with Gasteiger partial charge in [0, 0.05) is 0 Å². The summed E-state index contributed by atoms with van der Waals surface area (Å²) in [6.45, 7) is 3.59. The quantitative estimate of drug-likeness (QED) is 0.525. The number of aryl methyl sites for hydroxylation is 1. The van der Waals surface area contributed by atoms with E-state index < -0.39 is 25.2 Å². The van der Waals surface area contributed by atoms with Crippen LogP contribution in [0.1, 0.15) is 31.4 Å². The molecule has 1 aromatic rings. The zero-order valence-corrected chi connectivity index (χ0v) is 16.6. The molecule has 0 aromatic heterocycles. The van der Waals surface area contributed by atoms with E-state index in [0.717, 1.165) is 0 Å². The number of alkyl carbamates (subject to hydrolysis) is 1. The lowest BCUT2D eigenvalue weighted by Crippen LogP contribution is -2.51. The average molecular weight is 401 g/mol. The second kappa shape index (κ2) is 8.29. The van der Waals surface area contributed by atoms with Crippen molar-refractivity contribution in [2.75, 3.05) is 27.4 Å². The van der Waals surface area contributed by atoms with E-state index >= 15 is 0 Å². The van der Waals surface area contributed by atoms with Gasteiger partial charge in [0.15, 0.2) is 5.54 Å². The number of phenols is 1. The second-order valence-corrected chi connectivity index (χ2v) is 7.84. The number of benzene rings is 1. The number of amides is 1. The molecule has 10 heteroatoms. The Kier molecular flexibility index (Phi) is 6.51. The molecule has 1 aliphatic rings. The van der Waals surface area contributed by atoms with Crippen LogP contribution in [0.25, 0.3) is 0 Å². The molecule has 1 aliphatic carbocycles. The monoisotopic (exact) mass is 401 g/mol. The van der Waals surface area contributed by atoms with Gasteiger partial charge in [0.25, 0.3) is 0 Å². The Morgan fingerprint density at radius 3 is 2.33 bits per heavy atom. The summed E-state index contributed by atoms with van der Waals surface area (Å²) >= 11 is 0. The van der Waals surface area contributed by atoms with Crippen molar-refractivity contribution in [2.45, 2.75) is 32.2 Å². The first-order valence-corrected chi connectivity index (χ1v) is 10.0. The summed E-state index contributed by atoms with van der Waals surface area (Å²) in [7, 11) is -1.35. The minimum absolute atomic E-state index is 0.0173. The average Bonchev–Trinajstić information content (AvgIpc) is 2.99. The van der Waals surface area contributed by atoms with Crippen molar-refractivity contribution in [3.63, 3.8) is 0 Å². The Hall–Kier alpha value is -2.09. The fourth-order valence-corrected chi connectivity index (χ4v) is 4.90. The van der Waals surface area contributed by atoms with Crippen molar-refractivity contribution >= 4 is 25.0 Å². The van der Waals surface area contributed by atoms with Crippen molar-refractivity contribution < 1.29 is 37.8 Å². The maximum Gasteiger partial charge on any atom is 0.408 e. The highest BCUT2D eigenvalue weighted by Gasteiger charge is 2.49. The van der Waals surface area contributed by atoms with Gasteiger partial charge in [-0.3, -0.25) is 4.57 Å².